The maximum Gasteiger partial charge on any atom is 0.265 e. The van der Waals surface area contributed by atoms with Crippen LogP contribution in [-0.2, 0) is 7.05 Å². The second kappa shape index (κ2) is 3.93. The molecule has 5 heteroatoms. The van der Waals surface area contributed by atoms with E-state index in [1.54, 1.807) is 25.2 Å². The Labute approximate surface area is 96.9 Å². The number of aryl methyl sites for hydroxylation is 1. The van der Waals surface area contributed by atoms with Crippen molar-refractivity contribution in [1.29, 1.82) is 0 Å². The van der Waals surface area contributed by atoms with E-state index in [1.165, 1.54) is 11.7 Å². The largest absolute Gasteiger partial charge is 0.506 e. The van der Waals surface area contributed by atoms with E-state index >= 15 is 0 Å². The van der Waals surface area contributed by atoms with Crippen LogP contribution in [0.25, 0.3) is 10.9 Å². The summed E-state index contributed by atoms with van der Waals surface area (Å²) in [7, 11) is 3.05. The van der Waals surface area contributed by atoms with Crippen molar-refractivity contribution in [2.45, 2.75) is 0 Å². The lowest BCUT2D eigenvalue weighted by molar-refractivity contribution is 0.111. The van der Waals surface area contributed by atoms with Gasteiger partial charge in [0.2, 0.25) is 0 Å². The van der Waals surface area contributed by atoms with Crippen LogP contribution in [0.2, 0.25) is 0 Å². The van der Waals surface area contributed by atoms with Crippen molar-refractivity contribution in [1.82, 2.24) is 4.57 Å². The number of carbonyl (C=O) groups is 1. The van der Waals surface area contributed by atoms with E-state index in [9.17, 15) is 14.7 Å². The molecule has 0 aliphatic heterocycles. The van der Waals surface area contributed by atoms with Crippen LogP contribution in [0.1, 0.15) is 10.4 Å². The standard InChI is InChI=1S/C12H11NO4/c1-13-10-4-3-7(17-2)5-8(10)11(15)9(6-14)12(13)16/h3-6,15H,1-2H3. The zero-order chi connectivity index (χ0) is 12.6. The SMILES string of the molecule is COc1ccc2c(c1)c(O)c(C=O)c(=O)n2C. The number of benzene rings is 1. The Morgan fingerprint density at radius 2 is 2.12 bits per heavy atom. The number of aromatic nitrogens is 1. The number of nitrogens with zero attached hydrogens (tertiary/aromatic N) is 1. The minimum absolute atomic E-state index is 0.242. The number of hydrogen-bond acceptors (Lipinski definition) is 4. The summed E-state index contributed by atoms with van der Waals surface area (Å²) >= 11 is 0. The van der Waals surface area contributed by atoms with Crippen molar-refractivity contribution in [3.05, 3.63) is 34.1 Å². The predicted octanol–water partition coefficient (Wildman–Crippen LogP) is 1.07. The van der Waals surface area contributed by atoms with Crippen LogP contribution in [0.4, 0.5) is 0 Å². The van der Waals surface area contributed by atoms with Crippen LogP contribution >= 0.6 is 0 Å². The van der Waals surface area contributed by atoms with Crippen molar-refractivity contribution in [2.24, 2.45) is 7.05 Å². The summed E-state index contributed by atoms with van der Waals surface area (Å²) in [4.78, 5) is 22.5. The number of carbonyl (C=O) groups excluding carboxylic acids is 1. The molecule has 1 N–H and O–H groups in total. The quantitative estimate of drug-likeness (QED) is 0.787. The lowest BCUT2D eigenvalue weighted by Crippen LogP contribution is -2.21. The molecule has 1 aromatic carbocycles. The van der Waals surface area contributed by atoms with E-state index in [0.717, 1.165) is 0 Å². The molecule has 1 heterocycles. The Hall–Kier alpha value is -2.30. The molecule has 0 aliphatic rings. The maximum absolute atomic E-state index is 11.7. The molecule has 0 fully saturated rings. The van der Waals surface area contributed by atoms with Gasteiger partial charge in [-0.05, 0) is 18.2 Å². The first-order valence-electron chi connectivity index (χ1n) is 4.95. The van der Waals surface area contributed by atoms with Gasteiger partial charge in [0.15, 0.2) is 6.29 Å². The highest BCUT2D eigenvalue weighted by Crippen LogP contribution is 2.28. The van der Waals surface area contributed by atoms with Crippen LogP contribution in [-0.4, -0.2) is 23.1 Å². The van der Waals surface area contributed by atoms with Gasteiger partial charge in [-0.3, -0.25) is 9.59 Å². The second-order valence-corrected chi connectivity index (χ2v) is 3.63. The van der Waals surface area contributed by atoms with Gasteiger partial charge in [0, 0.05) is 12.4 Å². The van der Waals surface area contributed by atoms with Crippen molar-refractivity contribution in [2.75, 3.05) is 7.11 Å². The molecular weight excluding hydrogens is 222 g/mol. The third kappa shape index (κ3) is 1.56. The van der Waals surface area contributed by atoms with E-state index in [0.29, 0.717) is 22.9 Å². The number of hydrogen-bond donors (Lipinski definition) is 1. The summed E-state index contributed by atoms with van der Waals surface area (Å²) in [5.41, 5.74) is -0.220. The Morgan fingerprint density at radius 3 is 2.71 bits per heavy atom. The van der Waals surface area contributed by atoms with E-state index in [2.05, 4.69) is 0 Å². The first kappa shape index (κ1) is 11.2. The molecule has 1 aromatic heterocycles. The Bertz CT molecular complexity index is 658. The second-order valence-electron chi connectivity index (χ2n) is 3.63. The zero-order valence-corrected chi connectivity index (χ0v) is 9.43. The molecule has 2 rings (SSSR count). The minimum Gasteiger partial charge on any atom is -0.506 e. The minimum atomic E-state index is -0.518. The highest BCUT2D eigenvalue weighted by molar-refractivity contribution is 5.94. The van der Waals surface area contributed by atoms with Crippen molar-refractivity contribution in [3.63, 3.8) is 0 Å². The fraction of sp³-hybridized carbons (Fsp3) is 0.167. The van der Waals surface area contributed by atoms with Gasteiger partial charge >= 0.3 is 0 Å². The molecule has 2 aromatic rings. The van der Waals surface area contributed by atoms with Gasteiger partial charge in [-0.2, -0.15) is 0 Å². The van der Waals surface area contributed by atoms with Gasteiger partial charge in [0.1, 0.15) is 17.1 Å². The van der Waals surface area contributed by atoms with Crippen LogP contribution in [0, 0.1) is 0 Å². The summed E-state index contributed by atoms with van der Waals surface area (Å²) < 4.78 is 6.35. The molecule has 0 atom stereocenters. The van der Waals surface area contributed by atoms with Crippen LogP contribution in [0.3, 0.4) is 0 Å². The molecule has 17 heavy (non-hydrogen) atoms. The maximum atomic E-state index is 11.7. The van der Waals surface area contributed by atoms with E-state index < -0.39 is 5.56 Å². The zero-order valence-electron chi connectivity index (χ0n) is 9.43. The predicted molar refractivity (Wildman–Crippen MR) is 62.8 cm³/mol. The molecule has 0 unspecified atom stereocenters. The number of pyridine rings is 1. The van der Waals surface area contributed by atoms with Gasteiger partial charge in [0.25, 0.3) is 5.56 Å². The number of aldehydes is 1. The summed E-state index contributed by atoms with van der Waals surface area (Å²) in [5.74, 6) is 0.236. The van der Waals surface area contributed by atoms with E-state index in [1.807, 2.05) is 0 Å². The number of aromatic hydroxyl groups is 1. The molecular formula is C12H11NO4. The Morgan fingerprint density at radius 1 is 1.41 bits per heavy atom. The van der Waals surface area contributed by atoms with Crippen LogP contribution in [0.15, 0.2) is 23.0 Å². The smallest absolute Gasteiger partial charge is 0.265 e. The number of rotatable bonds is 2. The lowest BCUT2D eigenvalue weighted by Gasteiger charge is -2.09. The van der Waals surface area contributed by atoms with Gasteiger partial charge in [-0.25, -0.2) is 0 Å². The van der Waals surface area contributed by atoms with Crippen LogP contribution < -0.4 is 10.3 Å². The molecule has 0 aliphatic carbocycles. The monoisotopic (exact) mass is 233 g/mol. The van der Waals surface area contributed by atoms with Crippen molar-refractivity contribution in [3.8, 4) is 11.5 Å². The van der Waals surface area contributed by atoms with Crippen molar-refractivity contribution < 1.29 is 14.6 Å². The first-order valence-corrected chi connectivity index (χ1v) is 4.95. The lowest BCUT2D eigenvalue weighted by atomic mass is 10.1. The molecule has 88 valence electrons. The Balaban J connectivity index is 2.99. The van der Waals surface area contributed by atoms with E-state index in [-0.39, 0.29) is 11.3 Å². The normalized spacial score (nSPS) is 10.5. The topological polar surface area (TPSA) is 68.5 Å². The molecule has 0 radical (unpaired) electrons. The summed E-state index contributed by atoms with van der Waals surface area (Å²) in [6.07, 6.45) is 0.358. The number of ether oxygens (including phenoxy) is 1. The average molecular weight is 233 g/mol. The molecule has 5 nitrogen and oxygen atoms in total. The molecule has 0 bridgehead atoms. The van der Waals surface area contributed by atoms with Crippen molar-refractivity contribution >= 4 is 17.2 Å². The molecule has 0 saturated heterocycles. The van der Waals surface area contributed by atoms with Gasteiger partial charge < -0.3 is 14.4 Å². The van der Waals surface area contributed by atoms with Gasteiger partial charge in [-0.1, -0.05) is 0 Å². The van der Waals surface area contributed by atoms with Gasteiger partial charge in [-0.15, -0.1) is 0 Å². The highest BCUT2D eigenvalue weighted by Gasteiger charge is 2.14. The van der Waals surface area contributed by atoms with Crippen LogP contribution in [0.5, 0.6) is 11.5 Å². The number of methoxy groups -OCH3 is 1. The molecule has 0 amide bonds. The fourth-order valence-corrected chi connectivity index (χ4v) is 1.77. The summed E-state index contributed by atoms with van der Waals surface area (Å²) in [5, 5.41) is 10.3. The molecule has 0 spiro atoms. The third-order valence-electron chi connectivity index (χ3n) is 2.73. The third-order valence-corrected chi connectivity index (χ3v) is 2.73. The first-order chi connectivity index (χ1) is 8.10. The Kier molecular flexibility index (Phi) is 2.59. The summed E-state index contributed by atoms with van der Waals surface area (Å²) in [6, 6.07) is 4.92. The average Bonchev–Trinajstić information content (AvgIpc) is 2.36. The van der Waals surface area contributed by atoms with Gasteiger partial charge in [0.05, 0.1) is 12.6 Å². The highest BCUT2D eigenvalue weighted by atomic mass is 16.5. The summed E-state index contributed by atoms with van der Waals surface area (Å²) in [6.45, 7) is 0. The fourth-order valence-electron chi connectivity index (χ4n) is 1.77. The number of fused-ring (bicyclic) bond motifs is 1. The molecule has 0 saturated carbocycles. The van der Waals surface area contributed by atoms with E-state index in [4.69, 9.17) is 4.74 Å².